The van der Waals surface area contributed by atoms with Crippen LogP contribution in [0.2, 0.25) is 0 Å². The van der Waals surface area contributed by atoms with Crippen LogP contribution in [-0.2, 0) is 0 Å². The standard InChI is InChI=1S/C21H28N2O/c1-17(2)18-7-5-9-20(15-18)24-14-13-23-12-4-3-10-21(23)19-8-6-11-22-16-19/h5-9,11,15-17,21H,3-4,10,12-14H2,1-2H3/p+1/t21-/m0/s1. The smallest absolute Gasteiger partial charge is 0.137 e. The van der Waals surface area contributed by atoms with E-state index in [2.05, 4.69) is 55.2 Å². The van der Waals surface area contributed by atoms with E-state index in [4.69, 9.17) is 4.74 Å². The van der Waals surface area contributed by atoms with Gasteiger partial charge in [0.15, 0.2) is 0 Å². The average Bonchev–Trinajstić information content (AvgIpc) is 2.63. The number of hydrogen-bond donors (Lipinski definition) is 1. The molecule has 1 aliphatic heterocycles. The second-order valence-electron chi connectivity index (χ2n) is 7.07. The molecule has 24 heavy (non-hydrogen) atoms. The Morgan fingerprint density at radius 3 is 2.92 bits per heavy atom. The van der Waals surface area contributed by atoms with Gasteiger partial charge < -0.3 is 9.64 Å². The molecule has 3 nitrogen and oxygen atoms in total. The lowest BCUT2D eigenvalue weighted by Crippen LogP contribution is -3.13. The molecule has 1 fully saturated rings. The predicted molar refractivity (Wildman–Crippen MR) is 97.6 cm³/mol. The van der Waals surface area contributed by atoms with E-state index in [0.29, 0.717) is 12.0 Å². The molecule has 2 aromatic rings. The highest BCUT2D eigenvalue weighted by molar-refractivity contribution is 5.30. The Labute approximate surface area is 145 Å². The number of quaternary nitrogens is 1. The third-order valence-electron chi connectivity index (χ3n) is 5.04. The molecule has 0 spiro atoms. The van der Waals surface area contributed by atoms with E-state index in [1.54, 1.807) is 4.90 Å². The molecule has 1 aliphatic rings. The van der Waals surface area contributed by atoms with E-state index < -0.39 is 0 Å². The Morgan fingerprint density at radius 1 is 1.21 bits per heavy atom. The van der Waals surface area contributed by atoms with Crippen molar-refractivity contribution in [3.8, 4) is 5.75 Å². The number of aromatic nitrogens is 1. The highest BCUT2D eigenvalue weighted by Gasteiger charge is 2.27. The van der Waals surface area contributed by atoms with E-state index in [9.17, 15) is 0 Å². The van der Waals surface area contributed by atoms with Crippen molar-refractivity contribution in [1.82, 2.24) is 4.98 Å². The first-order valence-electron chi connectivity index (χ1n) is 9.21. The van der Waals surface area contributed by atoms with Crippen LogP contribution in [0.25, 0.3) is 0 Å². The van der Waals surface area contributed by atoms with Gasteiger partial charge in [0.25, 0.3) is 0 Å². The summed E-state index contributed by atoms with van der Waals surface area (Å²) in [5, 5.41) is 0. The van der Waals surface area contributed by atoms with Gasteiger partial charge in [0.05, 0.1) is 6.54 Å². The largest absolute Gasteiger partial charge is 0.488 e. The maximum Gasteiger partial charge on any atom is 0.137 e. The Balaban J connectivity index is 1.57. The van der Waals surface area contributed by atoms with E-state index in [0.717, 1.165) is 18.9 Å². The molecule has 1 N–H and O–H groups in total. The van der Waals surface area contributed by atoms with Crippen LogP contribution in [0.15, 0.2) is 48.8 Å². The van der Waals surface area contributed by atoms with Crippen LogP contribution < -0.4 is 9.64 Å². The maximum absolute atomic E-state index is 6.05. The molecule has 3 rings (SSSR count). The molecule has 1 aromatic heterocycles. The molecule has 1 aromatic carbocycles. The van der Waals surface area contributed by atoms with Crippen molar-refractivity contribution < 1.29 is 9.64 Å². The summed E-state index contributed by atoms with van der Waals surface area (Å²) in [6.45, 7) is 7.49. The lowest BCUT2D eigenvalue weighted by Gasteiger charge is -2.32. The van der Waals surface area contributed by atoms with E-state index >= 15 is 0 Å². The second-order valence-corrected chi connectivity index (χ2v) is 7.07. The van der Waals surface area contributed by atoms with Gasteiger partial charge in [-0.1, -0.05) is 32.0 Å². The van der Waals surface area contributed by atoms with Gasteiger partial charge in [-0.05, 0) is 42.5 Å². The minimum absolute atomic E-state index is 0.538. The van der Waals surface area contributed by atoms with Gasteiger partial charge in [0.2, 0.25) is 0 Å². The van der Waals surface area contributed by atoms with Crippen molar-refractivity contribution in [2.24, 2.45) is 0 Å². The van der Waals surface area contributed by atoms with Crippen molar-refractivity contribution in [2.75, 3.05) is 19.7 Å². The SMILES string of the molecule is CC(C)c1cccc(OCC[NH+]2CCCC[C@H]2c2cccnc2)c1. The summed E-state index contributed by atoms with van der Waals surface area (Å²) < 4.78 is 6.05. The molecule has 3 heteroatoms. The Kier molecular flexibility index (Phi) is 5.86. The van der Waals surface area contributed by atoms with Crippen LogP contribution in [0.5, 0.6) is 5.75 Å². The monoisotopic (exact) mass is 325 g/mol. The number of nitrogens with one attached hydrogen (secondary N) is 1. The number of hydrogen-bond acceptors (Lipinski definition) is 2. The summed E-state index contributed by atoms with van der Waals surface area (Å²) in [7, 11) is 0. The molecule has 0 saturated carbocycles. The molecule has 1 saturated heterocycles. The fourth-order valence-corrected chi connectivity index (χ4v) is 3.63. The summed E-state index contributed by atoms with van der Waals surface area (Å²) >= 11 is 0. The summed E-state index contributed by atoms with van der Waals surface area (Å²) in [6, 6.07) is 13.3. The Morgan fingerprint density at radius 2 is 2.12 bits per heavy atom. The van der Waals surface area contributed by atoms with Crippen LogP contribution in [0.1, 0.15) is 56.2 Å². The van der Waals surface area contributed by atoms with Gasteiger partial charge in [-0.2, -0.15) is 0 Å². The normalized spacial score (nSPS) is 21.0. The minimum atomic E-state index is 0.538. The van der Waals surface area contributed by atoms with Crippen molar-refractivity contribution in [1.29, 1.82) is 0 Å². The summed E-state index contributed by atoms with van der Waals surface area (Å²) in [4.78, 5) is 5.94. The van der Waals surface area contributed by atoms with Crippen LogP contribution in [0, 0.1) is 0 Å². The third kappa shape index (κ3) is 4.35. The van der Waals surface area contributed by atoms with Gasteiger partial charge in [0, 0.05) is 24.4 Å². The summed E-state index contributed by atoms with van der Waals surface area (Å²) in [5.41, 5.74) is 2.71. The molecular weight excluding hydrogens is 296 g/mol. The van der Waals surface area contributed by atoms with E-state index in [1.807, 2.05) is 12.4 Å². The van der Waals surface area contributed by atoms with Crippen molar-refractivity contribution in [3.63, 3.8) is 0 Å². The molecule has 0 bridgehead atoms. The molecule has 2 atom stereocenters. The number of piperidine rings is 1. The Bertz CT molecular complexity index is 627. The van der Waals surface area contributed by atoms with Crippen LogP contribution in [-0.4, -0.2) is 24.7 Å². The van der Waals surface area contributed by atoms with Crippen LogP contribution in [0.3, 0.4) is 0 Å². The van der Waals surface area contributed by atoms with Gasteiger partial charge in [-0.25, -0.2) is 0 Å². The number of pyridine rings is 1. The first-order chi connectivity index (χ1) is 11.7. The molecule has 0 radical (unpaired) electrons. The minimum Gasteiger partial charge on any atom is -0.488 e. The summed E-state index contributed by atoms with van der Waals surface area (Å²) in [5.74, 6) is 1.53. The van der Waals surface area contributed by atoms with Gasteiger partial charge in [-0.3, -0.25) is 4.98 Å². The van der Waals surface area contributed by atoms with Crippen LogP contribution >= 0.6 is 0 Å². The average molecular weight is 325 g/mol. The van der Waals surface area contributed by atoms with E-state index in [1.165, 1.54) is 36.9 Å². The predicted octanol–water partition coefficient (Wildman–Crippen LogP) is 3.39. The number of nitrogens with zero attached hydrogens (tertiary/aromatic N) is 1. The van der Waals surface area contributed by atoms with Gasteiger partial charge in [-0.15, -0.1) is 0 Å². The highest BCUT2D eigenvalue weighted by atomic mass is 16.5. The van der Waals surface area contributed by atoms with Crippen molar-refractivity contribution in [3.05, 3.63) is 59.9 Å². The fraction of sp³-hybridized carbons (Fsp3) is 0.476. The Hall–Kier alpha value is -1.87. The molecule has 0 amide bonds. The molecule has 1 unspecified atom stereocenters. The fourth-order valence-electron chi connectivity index (χ4n) is 3.63. The second kappa shape index (κ2) is 8.29. The number of ether oxygens (including phenoxy) is 1. The van der Waals surface area contributed by atoms with Gasteiger partial charge in [0.1, 0.15) is 24.9 Å². The third-order valence-corrected chi connectivity index (χ3v) is 5.04. The molecule has 2 heterocycles. The highest BCUT2D eigenvalue weighted by Crippen LogP contribution is 2.20. The lowest BCUT2D eigenvalue weighted by molar-refractivity contribution is -0.937. The van der Waals surface area contributed by atoms with Crippen molar-refractivity contribution in [2.45, 2.75) is 45.1 Å². The number of rotatable bonds is 6. The number of benzene rings is 1. The zero-order chi connectivity index (χ0) is 16.8. The maximum atomic E-state index is 6.05. The van der Waals surface area contributed by atoms with Gasteiger partial charge >= 0.3 is 0 Å². The lowest BCUT2D eigenvalue weighted by atomic mass is 9.96. The molecular formula is C21H29N2O+. The molecule has 128 valence electrons. The zero-order valence-corrected chi connectivity index (χ0v) is 14.9. The zero-order valence-electron chi connectivity index (χ0n) is 14.9. The van der Waals surface area contributed by atoms with Crippen molar-refractivity contribution >= 4 is 0 Å². The topological polar surface area (TPSA) is 26.6 Å². The summed E-state index contributed by atoms with van der Waals surface area (Å²) in [6.07, 6.45) is 7.78. The quantitative estimate of drug-likeness (QED) is 0.881. The van der Waals surface area contributed by atoms with E-state index in [-0.39, 0.29) is 0 Å². The first kappa shape index (κ1) is 17.0. The first-order valence-corrected chi connectivity index (χ1v) is 9.21. The molecule has 0 aliphatic carbocycles. The van der Waals surface area contributed by atoms with Crippen LogP contribution in [0.4, 0.5) is 0 Å². The number of likely N-dealkylation sites (tertiary alicyclic amines) is 1.